The van der Waals surface area contributed by atoms with Crippen LogP contribution in [0.4, 0.5) is 0 Å². The maximum Gasteiger partial charge on any atom is 0.341 e. The highest BCUT2D eigenvalue weighted by Crippen LogP contribution is 2.40. The zero-order chi connectivity index (χ0) is 15.5. The van der Waals surface area contributed by atoms with Crippen molar-refractivity contribution in [1.29, 1.82) is 0 Å². The van der Waals surface area contributed by atoms with Gasteiger partial charge in [-0.3, -0.25) is 0 Å². The number of ether oxygens (including phenoxy) is 1. The number of esters is 1. The van der Waals surface area contributed by atoms with Crippen LogP contribution in [0.2, 0.25) is 0 Å². The summed E-state index contributed by atoms with van der Waals surface area (Å²) in [4.78, 5) is 28.1. The van der Waals surface area contributed by atoms with E-state index >= 15 is 0 Å². The van der Waals surface area contributed by atoms with Gasteiger partial charge in [0.25, 0.3) is 0 Å². The van der Waals surface area contributed by atoms with Crippen molar-refractivity contribution in [3.63, 3.8) is 0 Å². The lowest BCUT2D eigenvalue weighted by Crippen LogP contribution is -2.46. The molecule has 4 heteroatoms. The number of aldehydes is 1. The van der Waals surface area contributed by atoms with E-state index in [9.17, 15) is 9.59 Å². The fourth-order valence-corrected chi connectivity index (χ4v) is 2.98. The molecule has 0 radical (unpaired) electrons. The summed E-state index contributed by atoms with van der Waals surface area (Å²) in [6.07, 6.45) is 1.88. The molecule has 0 aliphatic carbocycles. The van der Waals surface area contributed by atoms with Gasteiger partial charge in [0.2, 0.25) is 5.90 Å². The molecule has 112 valence electrons. The Hall–Kier alpha value is -1.97. The van der Waals surface area contributed by atoms with Crippen molar-refractivity contribution in [3.8, 4) is 0 Å². The summed E-state index contributed by atoms with van der Waals surface area (Å²) >= 11 is 0. The van der Waals surface area contributed by atoms with Crippen LogP contribution in [-0.2, 0) is 14.3 Å². The highest BCUT2D eigenvalue weighted by atomic mass is 16.6. The van der Waals surface area contributed by atoms with Crippen LogP contribution < -0.4 is 0 Å². The van der Waals surface area contributed by atoms with E-state index in [4.69, 9.17) is 4.74 Å². The van der Waals surface area contributed by atoms with Crippen LogP contribution in [0.15, 0.2) is 35.3 Å². The van der Waals surface area contributed by atoms with E-state index in [-0.39, 0.29) is 17.8 Å². The van der Waals surface area contributed by atoms with E-state index in [0.29, 0.717) is 18.7 Å². The van der Waals surface area contributed by atoms with E-state index in [1.54, 1.807) is 0 Å². The lowest BCUT2D eigenvalue weighted by Gasteiger charge is -2.33. The molecule has 0 fully saturated rings. The van der Waals surface area contributed by atoms with Crippen molar-refractivity contribution in [2.75, 3.05) is 0 Å². The monoisotopic (exact) mass is 287 g/mol. The van der Waals surface area contributed by atoms with Crippen LogP contribution in [0, 0.1) is 11.8 Å². The third kappa shape index (κ3) is 2.62. The quantitative estimate of drug-likeness (QED) is 0.597. The number of carbonyl (C=O) groups excluding carboxylic acids is 2. The number of hydrogen-bond donors (Lipinski definition) is 0. The summed E-state index contributed by atoms with van der Waals surface area (Å²) in [5, 5.41) is 0. The van der Waals surface area contributed by atoms with Crippen molar-refractivity contribution < 1.29 is 14.3 Å². The molecule has 0 aromatic heterocycles. The van der Waals surface area contributed by atoms with Gasteiger partial charge in [0.05, 0.1) is 0 Å². The molecule has 0 amide bonds. The van der Waals surface area contributed by atoms with Gasteiger partial charge in [-0.25, -0.2) is 9.79 Å². The van der Waals surface area contributed by atoms with Crippen molar-refractivity contribution in [1.82, 2.24) is 0 Å². The minimum atomic E-state index is -0.958. The minimum Gasteiger partial charge on any atom is -0.405 e. The molecule has 0 saturated heterocycles. The highest BCUT2D eigenvalue weighted by Gasteiger charge is 2.53. The molecule has 1 aromatic carbocycles. The Morgan fingerprint density at radius 1 is 1.29 bits per heavy atom. The van der Waals surface area contributed by atoms with Crippen LogP contribution >= 0.6 is 0 Å². The first kappa shape index (κ1) is 15.4. The SMILES string of the molecule is CC[C@H](CC=O)[C@]1(C(C)C)N=C(c2ccccc2)OC1=O. The third-order valence-electron chi connectivity index (χ3n) is 4.20. The number of aliphatic imine (C=N–C) groups is 1. The van der Waals surface area contributed by atoms with Crippen LogP contribution in [0.1, 0.15) is 39.2 Å². The molecular formula is C17H21NO3. The van der Waals surface area contributed by atoms with Crippen LogP contribution in [0.25, 0.3) is 0 Å². The lowest BCUT2D eigenvalue weighted by atomic mass is 9.73. The average molecular weight is 287 g/mol. The lowest BCUT2D eigenvalue weighted by molar-refractivity contribution is -0.143. The van der Waals surface area contributed by atoms with E-state index in [1.165, 1.54) is 0 Å². The molecule has 0 unspecified atom stereocenters. The van der Waals surface area contributed by atoms with Crippen molar-refractivity contribution >= 4 is 18.2 Å². The van der Waals surface area contributed by atoms with Gasteiger partial charge in [-0.2, -0.15) is 0 Å². The van der Waals surface area contributed by atoms with Gasteiger partial charge in [0.1, 0.15) is 6.29 Å². The smallest absolute Gasteiger partial charge is 0.341 e. The molecular weight excluding hydrogens is 266 g/mol. The molecule has 0 N–H and O–H groups in total. The van der Waals surface area contributed by atoms with Crippen molar-refractivity contribution in [2.45, 2.75) is 39.2 Å². The molecule has 1 heterocycles. The first-order valence-electron chi connectivity index (χ1n) is 7.37. The van der Waals surface area contributed by atoms with Crippen molar-refractivity contribution in [2.24, 2.45) is 16.8 Å². The van der Waals surface area contributed by atoms with E-state index in [1.807, 2.05) is 51.1 Å². The number of benzene rings is 1. The van der Waals surface area contributed by atoms with Crippen molar-refractivity contribution in [3.05, 3.63) is 35.9 Å². The van der Waals surface area contributed by atoms with Crippen LogP contribution in [0.3, 0.4) is 0 Å². The first-order valence-corrected chi connectivity index (χ1v) is 7.37. The maximum absolute atomic E-state index is 12.5. The van der Waals surface area contributed by atoms with Gasteiger partial charge in [-0.1, -0.05) is 39.0 Å². The number of nitrogens with zero attached hydrogens (tertiary/aromatic N) is 1. The highest BCUT2D eigenvalue weighted by molar-refractivity contribution is 6.08. The van der Waals surface area contributed by atoms with E-state index < -0.39 is 5.54 Å². The minimum absolute atomic E-state index is 0.0314. The van der Waals surface area contributed by atoms with Gasteiger partial charge in [0, 0.05) is 17.9 Å². The summed E-state index contributed by atoms with van der Waals surface area (Å²) in [5.74, 6) is -0.150. The Labute approximate surface area is 125 Å². The zero-order valence-electron chi connectivity index (χ0n) is 12.7. The van der Waals surface area contributed by atoms with Crippen LogP contribution in [-0.4, -0.2) is 23.7 Å². The fraction of sp³-hybridized carbons (Fsp3) is 0.471. The summed E-state index contributed by atoms with van der Waals surface area (Å²) in [5.41, 5.74) is -0.171. The summed E-state index contributed by atoms with van der Waals surface area (Å²) in [7, 11) is 0. The van der Waals surface area contributed by atoms with Gasteiger partial charge in [0.15, 0.2) is 5.54 Å². The molecule has 2 rings (SSSR count). The summed E-state index contributed by atoms with van der Waals surface area (Å²) in [6.45, 7) is 5.87. The average Bonchev–Trinajstić information content (AvgIpc) is 2.84. The van der Waals surface area contributed by atoms with E-state index in [2.05, 4.69) is 4.99 Å². The molecule has 2 atom stereocenters. The normalized spacial score (nSPS) is 22.9. The Kier molecular flexibility index (Phi) is 4.56. The van der Waals surface area contributed by atoms with E-state index in [0.717, 1.165) is 11.8 Å². The predicted molar refractivity (Wildman–Crippen MR) is 81.1 cm³/mol. The number of cyclic esters (lactones) is 1. The molecule has 0 saturated carbocycles. The standard InChI is InChI=1S/C17H21NO3/c1-4-14(10-11-19)17(12(2)3)16(20)21-15(18-17)13-8-6-5-7-9-13/h5-9,11-12,14H,4,10H2,1-3H3/t14-,17+/m1/s1. The second kappa shape index (κ2) is 6.20. The second-order valence-electron chi connectivity index (χ2n) is 5.66. The van der Waals surface area contributed by atoms with Gasteiger partial charge >= 0.3 is 5.97 Å². The Bertz CT molecular complexity index is 550. The topological polar surface area (TPSA) is 55.7 Å². The molecule has 4 nitrogen and oxygen atoms in total. The van der Waals surface area contributed by atoms with Gasteiger partial charge in [-0.15, -0.1) is 0 Å². The molecule has 0 spiro atoms. The number of carbonyl (C=O) groups is 2. The fourth-order valence-electron chi connectivity index (χ4n) is 2.98. The van der Waals surface area contributed by atoms with Gasteiger partial charge < -0.3 is 9.53 Å². The predicted octanol–water partition coefficient (Wildman–Crippen LogP) is 3.00. The maximum atomic E-state index is 12.5. The zero-order valence-corrected chi connectivity index (χ0v) is 12.7. The Morgan fingerprint density at radius 3 is 2.48 bits per heavy atom. The molecule has 0 bridgehead atoms. The molecule has 1 aromatic rings. The van der Waals surface area contributed by atoms with Gasteiger partial charge in [-0.05, 0) is 24.5 Å². The largest absolute Gasteiger partial charge is 0.405 e. The first-order chi connectivity index (χ1) is 10.1. The second-order valence-corrected chi connectivity index (χ2v) is 5.66. The summed E-state index contributed by atoms with van der Waals surface area (Å²) in [6, 6.07) is 9.39. The summed E-state index contributed by atoms with van der Waals surface area (Å²) < 4.78 is 5.45. The molecule has 1 aliphatic heterocycles. The number of rotatable bonds is 6. The van der Waals surface area contributed by atoms with Crippen LogP contribution in [0.5, 0.6) is 0 Å². The molecule has 21 heavy (non-hydrogen) atoms. The third-order valence-corrected chi connectivity index (χ3v) is 4.20. The Morgan fingerprint density at radius 2 is 1.95 bits per heavy atom. The molecule has 1 aliphatic rings. The Balaban J connectivity index is 2.48. The number of hydrogen-bond acceptors (Lipinski definition) is 4.